The first kappa shape index (κ1) is 15.1. The molecule has 0 aliphatic carbocycles. The molecule has 0 saturated heterocycles. The fourth-order valence-electron chi connectivity index (χ4n) is 2.36. The predicted molar refractivity (Wildman–Crippen MR) is 90.0 cm³/mol. The van der Waals surface area contributed by atoms with E-state index in [2.05, 4.69) is 68.4 Å². The summed E-state index contributed by atoms with van der Waals surface area (Å²) in [7, 11) is 0. The highest BCUT2D eigenvalue weighted by Gasteiger charge is 2.21. The molecule has 2 atom stereocenters. The zero-order valence-corrected chi connectivity index (χ0v) is 13.0. The molecule has 2 N–H and O–H groups in total. The smallest absolute Gasteiger partial charge is 0.0454 e. The summed E-state index contributed by atoms with van der Waals surface area (Å²) in [6.07, 6.45) is 0.917. The summed E-state index contributed by atoms with van der Waals surface area (Å²) in [6, 6.07) is 21.3. The lowest BCUT2D eigenvalue weighted by Crippen LogP contribution is -2.30. The van der Waals surface area contributed by atoms with Gasteiger partial charge in [-0.1, -0.05) is 74.5 Å². The van der Waals surface area contributed by atoms with Gasteiger partial charge in [0.05, 0.1) is 0 Å². The monoisotopic (exact) mass is 285 g/mol. The van der Waals surface area contributed by atoms with Gasteiger partial charge in [-0.25, -0.2) is 0 Å². The lowest BCUT2D eigenvalue weighted by molar-refractivity contribution is 0.650. The van der Waals surface area contributed by atoms with Crippen LogP contribution >= 0.6 is 11.8 Å². The van der Waals surface area contributed by atoms with Gasteiger partial charge in [-0.3, -0.25) is 0 Å². The van der Waals surface area contributed by atoms with E-state index in [4.69, 9.17) is 5.73 Å². The molecule has 0 aromatic heterocycles. The summed E-state index contributed by atoms with van der Waals surface area (Å²) in [4.78, 5) is 0. The number of nitrogens with two attached hydrogens (primary N) is 1. The predicted octanol–water partition coefficient (Wildman–Crippen LogP) is 4.44. The average molecular weight is 285 g/mol. The summed E-state index contributed by atoms with van der Waals surface area (Å²) < 4.78 is 0. The van der Waals surface area contributed by atoms with Gasteiger partial charge < -0.3 is 5.73 Å². The molecule has 2 unspecified atom stereocenters. The normalized spacial score (nSPS) is 14.2. The molecule has 2 aromatic carbocycles. The Balaban J connectivity index is 2.14. The average Bonchev–Trinajstić information content (AvgIpc) is 2.46. The summed E-state index contributed by atoms with van der Waals surface area (Å²) in [5.74, 6) is 0. The van der Waals surface area contributed by atoms with Gasteiger partial charge >= 0.3 is 0 Å². The molecular weight excluding hydrogens is 262 g/mol. The van der Waals surface area contributed by atoms with Gasteiger partial charge in [0.15, 0.2) is 0 Å². The van der Waals surface area contributed by atoms with E-state index in [0.29, 0.717) is 10.5 Å². The fourth-order valence-corrected chi connectivity index (χ4v) is 3.55. The van der Waals surface area contributed by atoms with Crippen molar-refractivity contribution < 1.29 is 0 Å². The van der Waals surface area contributed by atoms with E-state index >= 15 is 0 Å². The molecule has 2 rings (SSSR count). The van der Waals surface area contributed by atoms with E-state index in [1.807, 2.05) is 17.8 Å². The Labute approximate surface area is 126 Å². The van der Waals surface area contributed by atoms with E-state index in [9.17, 15) is 0 Å². The lowest BCUT2D eigenvalue weighted by atomic mass is 9.99. The minimum atomic E-state index is 0.132. The van der Waals surface area contributed by atoms with E-state index in [-0.39, 0.29) is 6.04 Å². The maximum atomic E-state index is 6.51. The van der Waals surface area contributed by atoms with Crippen molar-refractivity contribution in [2.24, 2.45) is 5.73 Å². The Morgan fingerprint density at radius 2 is 1.45 bits per heavy atom. The number of hydrogen-bond donors (Lipinski definition) is 1. The third-order valence-corrected chi connectivity index (χ3v) is 4.71. The largest absolute Gasteiger partial charge is 0.326 e. The fraction of sp³-hybridized carbons (Fsp3) is 0.333. The first-order valence-corrected chi connectivity index (χ1v) is 8.11. The lowest BCUT2D eigenvalue weighted by Gasteiger charge is -2.26. The first-order chi connectivity index (χ1) is 9.66. The summed E-state index contributed by atoms with van der Waals surface area (Å²) in [6.45, 7) is 4.46. The van der Waals surface area contributed by atoms with Gasteiger partial charge in [-0.05, 0) is 22.8 Å². The van der Waals surface area contributed by atoms with Crippen LogP contribution in [0, 0.1) is 0 Å². The van der Waals surface area contributed by atoms with Crippen LogP contribution in [-0.4, -0.2) is 11.3 Å². The van der Waals surface area contributed by atoms with Gasteiger partial charge in [0.25, 0.3) is 0 Å². The van der Waals surface area contributed by atoms with Crippen LogP contribution < -0.4 is 5.73 Å². The highest BCUT2D eigenvalue weighted by molar-refractivity contribution is 8.00. The van der Waals surface area contributed by atoms with Crippen molar-refractivity contribution in [1.29, 1.82) is 0 Å². The molecule has 0 saturated carbocycles. The van der Waals surface area contributed by atoms with Crippen LogP contribution in [0.25, 0.3) is 0 Å². The van der Waals surface area contributed by atoms with Gasteiger partial charge in [0.1, 0.15) is 0 Å². The van der Waals surface area contributed by atoms with Crippen molar-refractivity contribution in [2.45, 2.75) is 36.8 Å². The van der Waals surface area contributed by atoms with Crippen LogP contribution in [0.3, 0.4) is 0 Å². The SMILES string of the molecule is CC(C)SC(c1ccccc1)C(N)Cc1ccccc1. The Hall–Kier alpha value is -1.25. The minimum Gasteiger partial charge on any atom is -0.326 e. The molecule has 0 aliphatic rings. The highest BCUT2D eigenvalue weighted by Crippen LogP contribution is 2.35. The van der Waals surface area contributed by atoms with Crippen molar-refractivity contribution in [3.63, 3.8) is 0 Å². The Morgan fingerprint density at radius 1 is 0.900 bits per heavy atom. The van der Waals surface area contributed by atoms with Crippen LogP contribution in [0.4, 0.5) is 0 Å². The number of benzene rings is 2. The standard InChI is InChI=1S/C18H23NS/c1-14(2)20-18(16-11-7-4-8-12-16)17(19)13-15-9-5-3-6-10-15/h3-12,14,17-18H,13,19H2,1-2H3. The second-order valence-electron chi connectivity index (χ2n) is 5.37. The van der Waals surface area contributed by atoms with Crippen LogP contribution in [0.2, 0.25) is 0 Å². The molecule has 0 aliphatic heterocycles. The number of rotatable bonds is 6. The van der Waals surface area contributed by atoms with Gasteiger partial charge in [-0.2, -0.15) is 0 Å². The molecular formula is C18H23NS. The second-order valence-corrected chi connectivity index (χ2v) is 7.09. The second kappa shape index (κ2) is 7.51. The van der Waals surface area contributed by atoms with E-state index < -0.39 is 0 Å². The molecule has 1 nitrogen and oxygen atoms in total. The Kier molecular flexibility index (Phi) is 5.69. The van der Waals surface area contributed by atoms with Gasteiger partial charge in [0, 0.05) is 11.3 Å². The number of hydrogen-bond acceptors (Lipinski definition) is 2. The zero-order valence-electron chi connectivity index (χ0n) is 12.2. The molecule has 20 heavy (non-hydrogen) atoms. The molecule has 2 aromatic rings. The molecule has 0 amide bonds. The van der Waals surface area contributed by atoms with Crippen molar-refractivity contribution in [3.8, 4) is 0 Å². The van der Waals surface area contributed by atoms with Crippen LogP contribution in [-0.2, 0) is 6.42 Å². The van der Waals surface area contributed by atoms with Gasteiger partial charge in [0.2, 0.25) is 0 Å². The minimum absolute atomic E-state index is 0.132. The molecule has 106 valence electrons. The van der Waals surface area contributed by atoms with Crippen LogP contribution in [0.1, 0.15) is 30.2 Å². The number of thioether (sulfide) groups is 1. The van der Waals surface area contributed by atoms with Crippen LogP contribution in [0.15, 0.2) is 60.7 Å². The topological polar surface area (TPSA) is 26.0 Å². The molecule has 2 heteroatoms. The summed E-state index contributed by atoms with van der Waals surface area (Å²) in [5.41, 5.74) is 9.15. The van der Waals surface area contributed by atoms with Crippen molar-refractivity contribution in [1.82, 2.24) is 0 Å². The van der Waals surface area contributed by atoms with E-state index in [0.717, 1.165) is 6.42 Å². The first-order valence-electron chi connectivity index (χ1n) is 7.16. The Morgan fingerprint density at radius 3 is 2.00 bits per heavy atom. The molecule has 0 spiro atoms. The zero-order chi connectivity index (χ0) is 14.4. The Bertz CT molecular complexity index is 495. The highest BCUT2D eigenvalue weighted by atomic mass is 32.2. The van der Waals surface area contributed by atoms with Crippen LogP contribution in [0.5, 0.6) is 0 Å². The molecule has 0 heterocycles. The molecule has 0 fully saturated rings. The third-order valence-electron chi connectivity index (χ3n) is 3.25. The third kappa shape index (κ3) is 4.39. The van der Waals surface area contributed by atoms with Gasteiger partial charge in [-0.15, -0.1) is 11.8 Å². The van der Waals surface area contributed by atoms with E-state index in [1.54, 1.807) is 0 Å². The van der Waals surface area contributed by atoms with Crippen molar-refractivity contribution in [2.75, 3.05) is 0 Å². The summed E-state index contributed by atoms with van der Waals surface area (Å²) in [5, 5.41) is 0.915. The van der Waals surface area contributed by atoms with Crippen molar-refractivity contribution >= 4 is 11.8 Å². The molecule has 0 radical (unpaired) electrons. The van der Waals surface area contributed by atoms with Crippen molar-refractivity contribution in [3.05, 3.63) is 71.8 Å². The summed E-state index contributed by atoms with van der Waals surface area (Å²) >= 11 is 1.95. The maximum Gasteiger partial charge on any atom is 0.0454 e. The quantitative estimate of drug-likeness (QED) is 0.849. The molecule has 0 bridgehead atoms. The van der Waals surface area contributed by atoms with E-state index in [1.165, 1.54) is 11.1 Å². The maximum absolute atomic E-state index is 6.51.